The van der Waals surface area contributed by atoms with Gasteiger partial charge in [0, 0.05) is 26.6 Å². The van der Waals surface area contributed by atoms with E-state index >= 15 is 0 Å². The molecule has 1 aromatic rings. The first-order valence-corrected chi connectivity index (χ1v) is 5.73. The Morgan fingerprint density at radius 2 is 2.12 bits per heavy atom. The fraction of sp³-hybridized carbons (Fsp3) is 0.462. The number of hydrogen-bond donors (Lipinski definition) is 1. The van der Waals surface area contributed by atoms with E-state index in [2.05, 4.69) is 0 Å². The molecular weight excluding hydrogens is 221 g/mol. The summed E-state index contributed by atoms with van der Waals surface area (Å²) >= 11 is 0. The number of carbonyl (C=O) groups is 1. The maximum Gasteiger partial charge on any atom is 0.222 e. The fourth-order valence-corrected chi connectivity index (χ4v) is 1.54. The molecule has 0 saturated heterocycles. The van der Waals surface area contributed by atoms with Gasteiger partial charge in [-0.05, 0) is 24.5 Å². The lowest BCUT2D eigenvalue weighted by atomic mass is 10.1. The highest BCUT2D eigenvalue weighted by atomic mass is 19.1. The molecule has 1 amide bonds. The smallest absolute Gasteiger partial charge is 0.222 e. The second-order valence-corrected chi connectivity index (χ2v) is 3.98. The summed E-state index contributed by atoms with van der Waals surface area (Å²) in [6.07, 6.45) is 1.32. The molecule has 0 aliphatic carbocycles. The van der Waals surface area contributed by atoms with Crippen molar-refractivity contribution >= 4 is 5.91 Å². The summed E-state index contributed by atoms with van der Waals surface area (Å²) in [6.45, 7) is 0.512. The molecule has 0 unspecified atom stereocenters. The number of aliphatic hydroxyl groups excluding tert-OH is 1. The van der Waals surface area contributed by atoms with E-state index in [0.29, 0.717) is 31.4 Å². The van der Waals surface area contributed by atoms with Crippen LogP contribution < -0.4 is 0 Å². The molecule has 1 rings (SSSR count). The quantitative estimate of drug-likeness (QED) is 0.819. The van der Waals surface area contributed by atoms with E-state index in [-0.39, 0.29) is 18.3 Å². The molecule has 1 aromatic carbocycles. The van der Waals surface area contributed by atoms with Crippen LogP contribution in [0.1, 0.15) is 18.4 Å². The SMILES string of the molecule is CN(CCc1ccccc1F)C(=O)CCCO. The highest BCUT2D eigenvalue weighted by Gasteiger charge is 2.09. The number of halogens is 1. The van der Waals surface area contributed by atoms with Crippen molar-refractivity contribution in [2.24, 2.45) is 0 Å². The van der Waals surface area contributed by atoms with Gasteiger partial charge in [-0.2, -0.15) is 0 Å². The van der Waals surface area contributed by atoms with Gasteiger partial charge in [-0.15, -0.1) is 0 Å². The van der Waals surface area contributed by atoms with Crippen molar-refractivity contribution in [1.29, 1.82) is 0 Å². The first kappa shape index (κ1) is 13.6. The number of likely N-dealkylation sites (N-methyl/N-ethyl adjacent to an activating group) is 1. The first-order chi connectivity index (χ1) is 8.15. The van der Waals surface area contributed by atoms with Crippen molar-refractivity contribution in [3.8, 4) is 0 Å². The molecule has 0 heterocycles. The van der Waals surface area contributed by atoms with Gasteiger partial charge in [0.2, 0.25) is 5.91 Å². The molecule has 0 aliphatic heterocycles. The Kier molecular flexibility index (Phi) is 5.63. The van der Waals surface area contributed by atoms with Crippen molar-refractivity contribution in [3.05, 3.63) is 35.6 Å². The number of benzene rings is 1. The van der Waals surface area contributed by atoms with Crippen molar-refractivity contribution in [1.82, 2.24) is 4.90 Å². The standard InChI is InChI=1S/C13H18FNO2/c1-15(13(17)7-4-10-16)9-8-11-5-2-3-6-12(11)14/h2-3,5-6,16H,4,7-10H2,1H3. The van der Waals surface area contributed by atoms with E-state index in [9.17, 15) is 9.18 Å². The molecule has 0 aromatic heterocycles. The van der Waals surface area contributed by atoms with Crippen LogP contribution in [0.25, 0.3) is 0 Å². The maximum absolute atomic E-state index is 13.3. The summed E-state index contributed by atoms with van der Waals surface area (Å²) in [6, 6.07) is 6.57. The lowest BCUT2D eigenvalue weighted by Gasteiger charge is -2.17. The third kappa shape index (κ3) is 4.53. The van der Waals surface area contributed by atoms with Crippen molar-refractivity contribution in [3.63, 3.8) is 0 Å². The van der Waals surface area contributed by atoms with Crippen LogP contribution in [0, 0.1) is 5.82 Å². The van der Waals surface area contributed by atoms with Crippen molar-refractivity contribution in [2.45, 2.75) is 19.3 Å². The van der Waals surface area contributed by atoms with Crippen LogP contribution in [0.4, 0.5) is 4.39 Å². The van der Waals surface area contributed by atoms with E-state index in [0.717, 1.165) is 0 Å². The van der Waals surface area contributed by atoms with Crippen molar-refractivity contribution < 1.29 is 14.3 Å². The molecule has 17 heavy (non-hydrogen) atoms. The number of aliphatic hydroxyl groups is 1. The summed E-state index contributed by atoms with van der Waals surface area (Å²) in [5.74, 6) is -0.251. The molecule has 4 heteroatoms. The highest BCUT2D eigenvalue weighted by molar-refractivity contribution is 5.75. The minimum Gasteiger partial charge on any atom is -0.396 e. The fourth-order valence-electron chi connectivity index (χ4n) is 1.54. The molecule has 0 aliphatic rings. The minimum atomic E-state index is -0.233. The first-order valence-electron chi connectivity index (χ1n) is 5.73. The minimum absolute atomic E-state index is 0.0182. The van der Waals surface area contributed by atoms with Gasteiger partial charge in [-0.3, -0.25) is 4.79 Å². The molecule has 0 radical (unpaired) electrons. The molecular formula is C13H18FNO2. The number of carbonyl (C=O) groups excluding carboxylic acids is 1. The molecule has 94 valence electrons. The van der Waals surface area contributed by atoms with Gasteiger partial charge >= 0.3 is 0 Å². The number of rotatable bonds is 6. The topological polar surface area (TPSA) is 40.5 Å². The molecule has 3 nitrogen and oxygen atoms in total. The number of amides is 1. The van der Waals surface area contributed by atoms with Crippen LogP contribution >= 0.6 is 0 Å². The average Bonchev–Trinajstić information content (AvgIpc) is 2.34. The average molecular weight is 239 g/mol. The zero-order valence-electron chi connectivity index (χ0n) is 10.0. The molecule has 0 spiro atoms. The zero-order chi connectivity index (χ0) is 12.7. The lowest BCUT2D eigenvalue weighted by Crippen LogP contribution is -2.28. The van der Waals surface area contributed by atoms with Crippen molar-refractivity contribution in [2.75, 3.05) is 20.2 Å². The predicted molar refractivity (Wildman–Crippen MR) is 64.1 cm³/mol. The van der Waals surface area contributed by atoms with E-state index in [1.807, 2.05) is 0 Å². The molecule has 0 fully saturated rings. The summed E-state index contributed by atoms with van der Waals surface area (Å²) < 4.78 is 13.3. The van der Waals surface area contributed by atoms with Gasteiger partial charge in [0.05, 0.1) is 0 Å². The monoisotopic (exact) mass is 239 g/mol. The second kappa shape index (κ2) is 7.01. The second-order valence-electron chi connectivity index (χ2n) is 3.98. The Morgan fingerprint density at radius 3 is 2.76 bits per heavy atom. The highest BCUT2D eigenvalue weighted by Crippen LogP contribution is 2.08. The molecule has 0 saturated carbocycles. The van der Waals surface area contributed by atoms with E-state index in [1.54, 1.807) is 30.1 Å². The normalized spacial score (nSPS) is 10.3. The van der Waals surface area contributed by atoms with Gasteiger partial charge < -0.3 is 10.0 Å². The van der Waals surface area contributed by atoms with Crippen LogP contribution in [0.2, 0.25) is 0 Å². The van der Waals surface area contributed by atoms with Gasteiger partial charge in [0.1, 0.15) is 5.82 Å². The van der Waals surface area contributed by atoms with Crippen LogP contribution in [0.5, 0.6) is 0 Å². The third-order valence-electron chi connectivity index (χ3n) is 2.65. The Bertz CT molecular complexity index is 368. The predicted octanol–water partition coefficient (Wildman–Crippen LogP) is 1.60. The van der Waals surface area contributed by atoms with Crippen LogP contribution in [-0.4, -0.2) is 36.1 Å². The van der Waals surface area contributed by atoms with Crippen LogP contribution in [0.15, 0.2) is 24.3 Å². The third-order valence-corrected chi connectivity index (χ3v) is 2.65. The summed E-state index contributed by atoms with van der Waals surface area (Å²) in [4.78, 5) is 13.1. The van der Waals surface area contributed by atoms with E-state index in [4.69, 9.17) is 5.11 Å². The Labute approximate surface area is 101 Å². The lowest BCUT2D eigenvalue weighted by molar-refractivity contribution is -0.130. The van der Waals surface area contributed by atoms with Gasteiger partial charge in [0.15, 0.2) is 0 Å². The van der Waals surface area contributed by atoms with E-state index < -0.39 is 0 Å². The Balaban J connectivity index is 2.40. The largest absolute Gasteiger partial charge is 0.396 e. The van der Waals surface area contributed by atoms with Crippen LogP contribution in [-0.2, 0) is 11.2 Å². The molecule has 0 atom stereocenters. The Hall–Kier alpha value is -1.42. The summed E-state index contributed by atoms with van der Waals surface area (Å²) in [5.41, 5.74) is 0.620. The molecule has 0 bridgehead atoms. The number of nitrogens with zero attached hydrogens (tertiary/aromatic N) is 1. The van der Waals surface area contributed by atoms with Gasteiger partial charge in [0.25, 0.3) is 0 Å². The van der Waals surface area contributed by atoms with Gasteiger partial charge in [-0.1, -0.05) is 18.2 Å². The maximum atomic E-state index is 13.3. The Morgan fingerprint density at radius 1 is 1.41 bits per heavy atom. The van der Waals surface area contributed by atoms with E-state index in [1.165, 1.54) is 6.07 Å². The summed E-state index contributed by atoms with van der Waals surface area (Å²) in [5, 5.41) is 8.62. The van der Waals surface area contributed by atoms with Crippen LogP contribution in [0.3, 0.4) is 0 Å². The zero-order valence-corrected chi connectivity index (χ0v) is 10.0. The summed E-state index contributed by atoms with van der Waals surface area (Å²) in [7, 11) is 1.69. The number of hydrogen-bond acceptors (Lipinski definition) is 2. The van der Waals surface area contributed by atoms with Gasteiger partial charge in [-0.25, -0.2) is 4.39 Å². The molecule has 1 N–H and O–H groups in total.